The first-order valence-corrected chi connectivity index (χ1v) is 7.47. The molecule has 2 aromatic carbocycles. The summed E-state index contributed by atoms with van der Waals surface area (Å²) < 4.78 is 0. The molecule has 0 saturated heterocycles. The first-order valence-electron chi connectivity index (χ1n) is 6.94. The molecule has 0 aliphatic heterocycles. The molecule has 1 atom stereocenters. The molecule has 0 amide bonds. The van der Waals surface area contributed by atoms with E-state index >= 15 is 0 Å². The molecule has 0 heterocycles. The predicted octanol–water partition coefficient (Wildman–Crippen LogP) is 5.12. The minimum atomic E-state index is 0.398. The van der Waals surface area contributed by atoms with Crippen molar-refractivity contribution in [2.24, 2.45) is 0 Å². The van der Waals surface area contributed by atoms with Gasteiger partial charge in [-0.15, -0.1) is 11.6 Å². The zero-order valence-corrected chi connectivity index (χ0v) is 12.5. The number of halogens is 1. The van der Waals surface area contributed by atoms with Gasteiger partial charge < -0.3 is 0 Å². The Morgan fingerprint density at radius 2 is 1.58 bits per heavy atom. The molecule has 2 rings (SSSR count). The van der Waals surface area contributed by atoms with E-state index in [2.05, 4.69) is 62.4 Å². The highest BCUT2D eigenvalue weighted by molar-refractivity contribution is 6.18. The molecule has 0 saturated carbocycles. The molecule has 0 aliphatic rings. The van der Waals surface area contributed by atoms with Crippen molar-refractivity contribution in [1.29, 1.82) is 0 Å². The highest BCUT2D eigenvalue weighted by Gasteiger charge is 2.13. The largest absolute Gasteiger partial charge is 0.126 e. The zero-order chi connectivity index (χ0) is 13.7. The van der Waals surface area contributed by atoms with Crippen LogP contribution in [0.1, 0.15) is 35.1 Å². The fourth-order valence-electron chi connectivity index (χ4n) is 2.49. The van der Waals surface area contributed by atoms with Gasteiger partial charge in [0.05, 0.1) is 0 Å². The first-order chi connectivity index (χ1) is 9.24. The van der Waals surface area contributed by atoms with Gasteiger partial charge in [0.15, 0.2) is 0 Å². The van der Waals surface area contributed by atoms with E-state index in [4.69, 9.17) is 11.6 Å². The Balaban J connectivity index is 2.17. The van der Waals surface area contributed by atoms with Crippen LogP contribution in [0.25, 0.3) is 0 Å². The Labute approximate surface area is 121 Å². The van der Waals surface area contributed by atoms with Gasteiger partial charge in [0.25, 0.3) is 0 Å². The molecule has 0 N–H and O–H groups in total. The molecule has 2 aromatic rings. The molecule has 0 radical (unpaired) electrons. The maximum absolute atomic E-state index is 6.18. The molecule has 1 unspecified atom stereocenters. The minimum Gasteiger partial charge on any atom is -0.126 e. The van der Waals surface area contributed by atoms with Gasteiger partial charge in [-0.1, -0.05) is 55.5 Å². The van der Waals surface area contributed by atoms with Gasteiger partial charge in [0.2, 0.25) is 0 Å². The third kappa shape index (κ3) is 3.61. The number of hydrogen-bond acceptors (Lipinski definition) is 0. The van der Waals surface area contributed by atoms with Crippen LogP contribution < -0.4 is 0 Å². The summed E-state index contributed by atoms with van der Waals surface area (Å²) in [6, 6.07) is 17.4. The van der Waals surface area contributed by atoms with E-state index in [0.29, 0.717) is 11.8 Å². The van der Waals surface area contributed by atoms with E-state index in [1.807, 2.05) is 0 Å². The smallest absolute Gasteiger partial charge is 0.0295 e. The maximum atomic E-state index is 6.18. The summed E-state index contributed by atoms with van der Waals surface area (Å²) in [4.78, 5) is 0. The number of alkyl halides is 1. The van der Waals surface area contributed by atoms with Crippen molar-refractivity contribution in [3.8, 4) is 0 Å². The van der Waals surface area contributed by atoms with Crippen molar-refractivity contribution in [1.82, 2.24) is 0 Å². The van der Waals surface area contributed by atoms with Crippen LogP contribution in [0.15, 0.2) is 48.5 Å². The standard InChI is InChI=1S/C18H21Cl/c1-3-15-8-10-16(11-9-15)12-17(13-19)18-7-5-4-6-14(18)2/h4-11,17H,3,12-13H2,1-2H3. The Bertz CT molecular complexity index is 513. The molecular weight excluding hydrogens is 252 g/mol. The summed E-state index contributed by atoms with van der Waals surface area (Å²) in [5.74, 6) is 1.07. The number of benzene rings is 2. The number of aryl methyl sites for hydroxylation is 2. The second-order valence-electron chi connectivity index (χ2n) is 5.08. The topological polar surface area (TPSA) is 0 Å². The van der Waals surface area contributed by atoms with E-state index in [0.717, 1.165) is 12.8 Å². The Morgan fingerprint density at radius 3 is 2.16 bits per heavy atom. The van der Waals surface area contributed by atoms with Crippen LogP contribution in [0.3, 0.4) is 0 Å². The van der Waals surface area contributed by atoms with Gasteiger partial charge >= 0.3 is 0 Å². The molecule has 100 valence electrons. The Hall–Kier alpha value is -1.27. The predicted molar refractivity (Wildman–Crippen MR) is 84.2 cm³/mol. The van der Waals surface area contributed by atoms with Crippen molar-refractivity contribution in [3.63, 3.8) is 0 Å². The van der Waals surface area contributed by atoms with Gasteiger partial charge in [0.1, 0.15) is 0 Å². The van der Waals surface area contributed by atoms with E-state index in [1.165, 1.54) is 22.3 Å². The van der Waals surface area contributed by atoms with E-state index < -0.39 is 0 Å². The molecule has 19 heavy (non-hydrogen) atoms. The number of hydrogen-bond donors (Lipinski definition) is 0. The van der Waals surface area contributed by atoms with Crippen LogP contribution in [-0.2, 0) is 12.8 Å². The average Bonchev–Trinajstić information content (AvgIpc) is 2.46. The summed E-state index contributed by atoms with van der Waals surface area (Å²) in [7, 11) is 0. The van der Waals surface area contributed by atoms with E-state index in [-0.39, 0.29) is 0 Å². The van der Waals surface area contributed by atoms with Crippen molar-refractivity contribution in [3.05, 3.63) is 70.8 Å². The molecule has 0 spiro atoms. The van der Waals surface area contributed by atoms with Crippen LogP contribution in [0, 0.1) is 6.92 Å². The first kappa shape index (κ1) is 14.1. The van der Waals surface area contributed by atoms with Gasteiger partial charge in [-0.2, -0.15) is 0 Å². The quantitative estimate of drug-likeness (QED) is 0.663. The fraction of sp³-hybridized carbons (Fsp3) is 0.333. The summed E-state index contributed by atoms with van der Waals surface area (Å²) in [5, 5.41) is 0. The highest BCUT2D eigenvalue weighted by atomic mass is 35.5. The fourth-order valence-corrected chi connectivity index (χ4v) is 2.76. The lowest BCUT2D eigenvalue weighted by Gasteiger charge is -2.17. The van der Waals surface area contributed by atoms with Gasteiger partial charge in [-0.05, 0) is 42.0 Å². The molecule has 0 fully saturated rings. The molecule has 1 heteroatoms. The van der Waals surface area contributed by atoms with Crippen LogP contribution in [0.5, 0.6) is 0 Å². The van der Waals surface area contributed by atoms with Crippen molar-refractivity contribution in [2.75, 3.05) is 5.88 Å². The number of rotatable bonds is 5. The van der Waals surface area contributed by atoms with Crippen molar-refractivity contribution >= 4 is 11.6 Å². The van der Waals surface area contributed by atoms with E-state index in [1.54, 1.807) is 0 Å². The minimum absolute atomic E-state index is 0.398. The second-order valence-corrected chi connectivity index (χ2v) is 5.39. The SMILES string of the molecule is CCc1ccc(CC(CCl)c2ccccc2C)cc1. The van der Waals surface area contributed by atoms with Gasteiger partial charge in [-0.25, -0.2) is 0 Å². The third-order valence-electron chi connectivity index (χ3n) is 3.73. The monoisotopic (exact) mass is 272 g/mol. The molecule has 0 nitrogen and oxygen atoms in total. The second kappa shape index (κ2) is 6.77. The molecule has 0 aromatic heterocycles. The lowest BCUT2D eigenvalue weighted by molar-refractivity contribution is 0.760. The molecule has 0 aliphatic carbocycles. The molecule has 0 bridgehead atoms. The Morgan fingerprint density at radius 1 is 0.947 bits per heavy atom. The lowest BCUT2D eigenvalue weighted by Crippen LogP contribution is -2.06. The van der Waals surface area contributed by atoms with Crippen molar-refractivity contribution < 1.29 is 0 Å². The zero-order valence-electron chi connectivity index (χ0n) is 11.7. The maximum Gasteiger partial charge on any atom is 0.0295 e. The lowest BCUT2D eigenvalue weighted by atomic mass is 9.90. The van der Waals surface area contributed by atoms with Crippen LogP contribution >= 0.6 is 11.6 Å². The van der Waals surface area contributed by atoms with Gasteiger partial charge in [-0.3, -0.25) is 0 Å². The van der Waals surface area contributed by atoms with Gasteiger partial charge in [0, 0.05) is 11.8 Å². The third-order valence-corrected chi connectivity index (χ3v) is 4.10. The van der Waals surface area contributed by atoms with E-state index in [9.17, 15) is 0 Å². The molecular formula is C18H21Cl. The van der Waals surface area contributed by atoms with Crippen LogP contribution in [-0.4, -0.2) is 5.88 Å². The average molecular weight is 273 g/mol. The highest BCUT2D eigenvalue weighted by Crippen LogP contribution is 2.25. The normalized spacial score (nSPS) is 12.4. The summed E-state index contributed by atoms with van der Waals surface area (Å²) in [6.07, 6.45) is 2.11. The van der Waals surface area contributed by atoms with Crippen LogP contribution in [0.2, 0.25) is 0 Å². The Kier molecular flexibility index (Phi) is 5.04. The summed E-state index contributed by atoms with van der Waals surface area (Å²) in [6.45, 7) is 4.35. The summed E-state index contributed by atoms with van der Waals surface area (Å²) >= 11 is 6.18. The summed E-state index contributed by atoms with van der Waals surface area (Å²) in [5.41, 5.74) is 5.46. The van der Waals surface area contributed by atoms with Crippen molar-refractivity contribution in [2.45, 2.75) is 32.6 Å². The van der Waals surface area contributed by atoms with Crippen LogP contribution in [0.4, 0.5) is 0 Å².